The third-order valence-electron chi connectivity index (χ3n) is 4.17. The van der Waals surface area contributed by atoms with Gasteiger partial charge in [-0.05, 0) is 37.3 Å². The van der Waals surface area contributed by atoms with Crippen molar-refractivity contribution in [2.75, 3.05) is 0 Å². The van der Waals surface area contributed by atoms with Crippen molar-refractivity contribution < 1.29 is 4.79 Å². The molecule has 1 fully saturated rings. The number of nitrogens with one attached hydrogen (secondary N) is 1. The molecular weight excluding hydrogens is 286 g/mol. The van der Waals surface area contributed by atoms with Crippen molar-refractivity contribution in [3.63, 3.8) is 0 Å². The van der Waals surface area contributed by atoms with E-state index in [1.54, 1.807) is 0 Å². The van der Waals surface area contributed by atoms with E-state index in [1.807, 2.05) is 35.0 Å². The Hall–Kier alpha value is -2.10. The quantitative estimate of drug-likeness (QED) is 0.881. The van der Waals surface area contributed by atoms with Gasteiger partial charge in [-0.2, -0.15) is 5.10 Å². The second kappa shape index (κ2) is 6.57. The van der Waals surface area contributed by atoms with Crippen LogP contribution >= 0.6 is 0 Å². The van der Waals surface area contributed by atoms with Crippen LogP contribution in [0.4, 0.5) is 0 Å². The Morgan fingerprint density at radius 2 is 2.00 bits per heavy atom. The smallest absolute Gasteiger partial charge is 0.255 e. The Morgan fingerprint density at radius 3 is 2.57 bits per heavy atom. The maximum atomic E-state index is 12.8. The van der Waals surface area contributed by atoms with Gasteiger partial charge in [0.1, 0.15) is 0 Å². The zero-order valence-electron chi connectivity index (χ0n) is 14.2. The first kappa shape index (κ1) is 15.8. The standard InChI is InChI=1S/C19H25N3O/c1-4-8-16-17(19(23)20-14-11-12-14)18(13(2)3)22(21-16)15-9-6-5-7-10-15/h5-7,9-10,13-14H,4,8,11-12H2,1-3H3,(H,20,23). The second-order valence-corrected chi connectivity index (χ2v) is 6.61. The maximum Gasteiger partial charge on any atom is 0.255 e. The van der Waals surface area contributed by atoms with Gasteiger partial charge in [-0.3, -0.25) is 4.79 Å². The predicted octanol–water partition coefficient (Wildman–Crippen LogP) is 3.84. The molecule has 0 saturated heterocycles. The summed E-state index contributed by atoms with van der Waals surface area (Å²) in [5.74, 6) is 0.273. The molecule has 1 saturated carbocycles. The van der Waals surface area contributed by atoms with Crippen LogP contribution in [0.25, 0.3) is 5.69 Å². The van der Waals surface area contributed by atoms with Gasteiger partial charge >= 0.3 is 0 Å². The zero-order valence-corrected chi connectivity index (χ0v) is 14.2. The highest BCUT2D eigenvalue weighted by Crippen LogP contribution is 2.28. The molecule has 1 aliphatic carbocycles. The van der Waals surface area contributed by atoms with Gasteiger partial charge in [0.25, 0.3) is 5.91 Å². The Kier molecular flexibility index (Phi) is 4.51. The first-order valence-corrected chi connectivity index (χ1v) is 8.59. The first-order valence-electron chi connectivity index (χ1n) is 8.59. The van der Waals surface area contributed by atoms with E-state index >= 15 is 0 Å². The Morgan fingerprint density at radius 1 is 1.30 bits per heavy atom. The van der Waals surface area contributed by atoms with E-state index in [-0.39, 0.29) is 11.8 Å². The minimum atomic E-state index is 0.0434. The van der Waals surface area contributed by atoms with Crippen LogP contribution in [-0.2, 0) is 6.42 Å². The molecule has 1 amide bonds. The van der Waals surface area contributed by atoms with Crippen LogP contribution in [0.5, 0.6) is 0 Å². The lowest BCUT2D eigenvalue weighted by Crippen LogP contribution is -2.27. The van der Waals surface area contributed by atoms with Gasteiger partial charge in [-0.15, -0.1) is 0 Å². The third kappa shape index (κ3) is 3.31. The van der Waals surface area contributed by atoms with Crippen molar-refractivity contribution in [1.82, 2.24) is 15.1 Å². The number of carbonyl (C=O) groups excluding carboxylic acids is 1. The molecule has 2 aromatic rings. The molecule has 0 atom stereocenters. The highest BCUT2D eigenvalue weighted by molar-refractivity contribution is 5.97. The summed E-state index contributed by atoms with van der Waals surface area (Å²) in [4.78, 5) is 12.8. The monoisotopic (exact) mass is 311 g/mol. The highest BCUT2D eigenvalue weighted by Gasteiger charge is 2.30. The molecule has 0 unspecified atom stereocenters. The topological polar surface area (TPSA) is 46.9 Å². The van der Waals surface area contributed by atoms with Crippen LogP contribution < -0.4 is 5.32 Å². The lowest BCUT2D eigenvalue weighted by atomic mass is 10.0. The number of aryl methyl sites for hydroxylation is 1. The lowest BCUT2D eigenvalue weighted by molar-refractivity contribution is 0.0948. The lowest BCUT2D eigenvalue weighted by Gasteiger charge is -2.13. The fourth-order valence-electron chi connectivity index (χ4n) is 2.92. The van der Waals surface area contributed by atoms with Crippen LogP contribution in [0.3, 0.4) is 0 Å². The van der Waals surface area contributed by atoms with Crippen molar-refractivity contribution in [3.05, 3.63) is 47.3 Å². The molecule has 4 nitrogen and oxygen atoms in total. The molecule has 0 spiro atoms. The van der Waals surface area contributed by atoms with Gasteiger partial charge in [-0.1, -0.05) is 45.4 Å². The van der Waals surface area contributed by atoms with Crippen molar-refractivity contribution in [2.45, 2.75) is 58.4 Å². The van der Waals surface area contributed by atoms with E-state index in [9.17, 15) is 4.79 Å². The number of hydrogen-bond donors (Lipinski definition) is 1. The number of para-hydroxylation sites is 1. The van der Waals surface area contributed by atoms with Crippen molar-refractivity contribution in [1.29, 1.82) is 0 Å². The number of carbonyl (C=O) groups is 1. The van der Waals surface area contributed by atoms with Gasteiger partial charge in [0.05, 0.1) is 22.6 Å². The Balaban J connectivity index is 2.10. The fraction of sp³-hybridized carbons (Fsp3) is 0.474. The summed E-state index contributed by atoms with van der Waals surface area (Å²) < 4.78 is 1.96. The molecule has 1 aromatic carbocycles. The summed E-state index contributed by atoms with van der Waals surface area (Å²) in [6.07, 6.45) is 4.00. The molecule has 1 N–H and O–H groups in total. The average molecular weight is 311 g/mol. The summed E-state index contributed by atoms with van der Waals surface area (Å²) in [6, 6.07) is 10.4. The van der Waals surface area contributed by atoms with Crippen LogP contribution in [0.1, 0.15) is 67.7 Å². The summed E-state index contributed by atoms with van der Waals surface area (Å²) >= 11 is 0. The number of benzene rings is 1. The fourth-order valence-corrected chi connectivity index (χ4v) is 2.92. The second-order valence-electron chi connectivity index (χ2n) is 6.61. The van der Waals surface area contributed by atoms with Crippen LogP contribution in [-0.4, -0.2) is 21.7 Å². The van der Waals surface area contributed by atoms with E-state index in [0.717, 1.165) is 48.3 Å². The molecule has 3 rings (SSSR count). The number of amides is 1. The van der Waals surface area contributed by atoms with E-state index in [0.29, 0.717) is 6.04 Å². The number of nitrogens with zero attached hydrogens (tertiary/aromatic N) is 2. The van der Waals surface area contributed by atoms with Crippen LogP contribution in [0.15, 0.2) is 30.3 Å². The van der Waals surface area contributed by atoms with Gasteiger partial charge in [0, 0.05) is 6.04 Å². The molecule has 23 heavy (non-hydrogen) atoms. The molecule has 0 aliphatic heterocycles. The first-order chi connectivity index (χ1) is 11.1. The van der Waals surface area contributed by atoms with Crippen LogP contribution in [0.2, 0.25) is 0 Å². The van der Waals surface area contributed by atoms with Crippen molar-refractivity contribution >= 4 is 5.91 Å². The number of aromatic nitrogens is 2. The summed E-state index contributed by atoms with van der Waals surface area (Å²) in [6.45, 7) is 6.37. The Bertz CT molecular complexity index is 684. The molecule has 0 bridgehead atoms. The molecule has 4 heteroatoms. The summed E-state index contributed by atoms with van der Waals surface area (Å²) in [5, 5.41) is 7.93. The van der Waals surface area contributed by atoms with Gasteiger partial charge in [-0.25, -0.2) is 4.68 Å². The summed E-state index contributed by atoms with van der Waals surface area (Å²) in [5.41, 5.74) is 3.73. The summed E-state index contributed by atoms with van der Waals surface area (Å²) in [7, 11) is 0. The average Bonchev–Trinajstić information content (AvgIpc) is 3.26. The van der Waals surface area contributed by atoms with E-state index in [2.05, 4.69) is 26.1 Å². The maximum absolute atomic E-state index is 12.8. The number of rotatable bonds is 6. The molecular formula is C19H25N3O. The third-order valence-corrected chi connectivity index (χ3v) is 4.17. The molecule has 0 radical (unpaired) electrons. The SMILES string of the molecule is CCCc1nn(-c2ccccc2)c(C(C)C)c1C(=O)NC1CC1. The van der Waals surface area contributed by atoms with E-state index in [1.165, 1.54) is 0 Å². The van der Waals surface area contributed by atoms with Crippen molar-refractivity contribution in [2.24, 2.45) is 0 Å². The minimum Gasteiger partial charge on any atom is -0.349 e. The highest BCUT2D eigenvalue weighted by atomic mass is 16.1. The molecule has 1 aliphatic rings. The molecule has 122 valence electrons. The normalized spacial score (nSPS) is 14.3. The number of hydrogen-bond acceptors (Lipinski definition) is 2. The Labute approximate surface area is 137 Å². The van der Waals surface area contributed by atoms with Gasteiger partial charge in [0.2, 0.25) is 0 Å². The van der Waals surface area contributed by atoms with E-state index < -0.39 is 0 Å². The van der Waals surface area contributed by atoms with Gasteiger partial charge < -0.3 is 5.32 Å². The minimum absolute atomic E-state index is 0.0434. The zero-order chi connectivity index (χ0) is 16.4. The van der Waals surface area contributed by atoms with E-state index in [4.69, 9.17) is 5.10 Å². The molecule has 1 heterocycles. The molecule has 1 aromatic heterocycles. The van der Waals surface area contributed by atoms with Gasteiger partial charge in [0.15, 0.2) is 0 Å². The van der Waals surface area contributed by atoms with Crippen LogP contribution in [0, 0.1) is 0 Å². The van der Waals surface area contributed by atoms with Crippen molar-refractivity contribution in [3.8, 4) is 5.69 Å². The predicted molar refractivity (Wildman–Crippen MR) is 92.1 cm³/mol. The largest absolute Gasteiger partial charge is 0.349 e.